The lowest BCUT2D eigenvalue weighted by molar-refractivity contribution is 1.31. The number of nitrogens with zero attached hydrogens (tertiary/aromatic N) is 1. The molecule has 2 N–H and O–H groups in total. The number of benzene rings is 1. The Balaban J connectivity index is 2.86. The molecule has 0 saturated carbocycles. The van der Waals surface area contributed by atoms with Gasteiger partial charge in [-0.1, -0.05) is 15.9 Å². The van der Waals surface area contributed by atoms with Gasteiger partial charge in [0.2, 0.25) is 0 Å². The van der Waals surface area contributed by atoms with Gasteiger partial charge in [-0.25, -0.2) is 4.98 Å². The lowest BCUT2D eigenvalue weighted by Crippen LogP contribution is -1.91. The van der Waals surface area contributed by atoms with E-state index in [-0.39, 0.29) is 0 Å². The SMILES string of the molecule is Nc1nc(Br)cc2cc(Br)ccc12. The zero-order chi connectivity index (χ0) is 9.42. The smallest absolute Gasteiger partial charge is 0.132 e. The van der Waals surface area contributed by atoms with Gasteiger partial charge < -0.3 is 5.73 Å². The van der Waals surface area contributed by atoms with E-state index in [2.05, 4.69) is 36.8 Å². The van der Waals surface area contributed by atoms with Crippen LogP contribution in [0.5, 0.6) is 0 Å². The monoisotopic (exact) mass is 300 g/mol. The second kappa shape index (κ2) is 3.27. The number of rotatable bonds is 0. The van der Waals surface area contributed by atoms with Gasteiger partial charge in [-0.05, 0) is 45.6 Å². The van der Waals surface area contributed by atoms with Crippen LogP contribution in [0.4, 0.5) is 5.82 Å². The Morgan fingerprint density at radius 2 is 1.92 bits per heavy atom. The molecule has 13 heavy (non-hydrogen) atoms. The molecule has 0 radical (unpaired) electrons. The number of anilines is 1. The highest BCUT2D eigenvalue weighted by Gasteiger charge is 2.01. The summed E-state index contributed by atoms with van der Waals surface area (Å²) >= 11 is 6.71. The van der Waals surface area contributed by atoms with E-state index in [9.17, 15) is 0 Å². The maximum atomic E-state index is 5.75. The average Bonchev–Trinajstić information content (AvgIpc) is 2.02. The van der Waals surface area contributed by atoms with E-state index in [1.807, 2.05) is 24.3 Å². The molecular formula is C9H6Br2N2. The molecule has 0 spiro atoms. The van der Waals surface area contributed by atoms with Crippen LogP contribution in [0.15, 0.2) is 33.3 Å². The molecule has 66 valence electrons. The first-order valence-corrected chi connectivity index (χ1v) is 5.27. The minimum atomic E-state index is 0.553. The summed E-state index contributed by atoms with van der Waals surface area (Å²) in [5, 5.41) is 2.06. The van der Waals surface area contributed by atoms with E-state index < -0.39 is 0 Å². The Labute approximate surface area is 92.4 Å². The summed E-state index contributed by atoms with van der Waals surface area (Å²) in [6.45, 7) is 0. The first-order chi connectivity index (χ1) is 6.16. The van der Waals surface area contributed by atoms with Crippen molar-refractivity contribution < 1.29 is 0 Å². The number of nitrogens with two attached hydrogens (primary N) is 1. The molecule has 0 fully saturated rings. The summed E-state index contributed by atoms with van der Waals surface area (Å²) in [6.07, 6.45) is 0. The van der Waals surface area contributed by atoms with E-state index in [0.29, 0.717) is 5.82 Å². The number of hydrogen-bond donors (Lipinski definition) is 1. The van der Waals surface area contributed by atoms with Crippen LogP contribution in [-0.4, -0.2) is 4.98 Å². The van der Waals surface area contributed by atoms with Crippen molar-refractivity contribution in [2.24, 2.45) is 0 Å². The Hall–Kier alpha value is -0.610. The highest BCUT2D eigenvalue weighted by Crippen LogP contribution is 2.25. The number of hydrogen-bond acceptors (Lipinski definition) is 2. The number of nitrogen functional groups attached to an aromatic ring is 1. The average molecular weight is 302 g/mol. The van der Waals surface area contributed by atoms with Gasteiger partial charge in [-0.3, -0.25) is 0 Å². The van der Waals surface area contributed by atoms with Crippen LogP contribution in [0, 0.1) is 0 Å². The Morgan fingerprint density at radius 1 is 1.15 bits per heavy atom. The van der Waals surface area contributed by atoms with Crippen molar-refractivity contribution in [2.45, 2.75) is 0 Å². The molecule has 0 aliphatic carbocycles. The Bertz CT molecular complexity index is 463. The van der Waals surface area contributed by atoms with Crippen LogP contribution in [0.1, 0.15) is 0 Å². The molecule has 0 bridgehead atoms. The van der Waals surface area contributed by atoms with Gasteiger partial charge >= 0.3 is 0 Å². The largest absolute Gasteiger partial charge is 0.383 e. The first kappa shape index (κ1) is 8.97. The number of aromatic nitrogens is 1. The predicted molar refractivity (Wildman–Crippen MR) is 61.6 cm³/mol. The van der Waals surface area contributed by atoms with Crippen molar-refractivity contribution >= 4 is 48.5 Å². The zero-order valence-electron chi connectivity index (χ0n) is 6.59. The quantitative estimate of drug-likeness (QED) is 0.758. The summed E-state index contributed by atoms with van der Waals surface area (Å²) in [5.41, 5.74) is 5.75. The van der Waals surface area contributed by atoms with Crippen LogP contribution in [0.2, 0.25) is 0 Å². The molecule has 2 aromatic rings. The maximum absolute atomic E-state index is 5.75. The third-order valence-corrected chi connectivity index (χ3v) is 2.69. The number of pyridine rings is 1. The third-order valence-electron chi connectivity index (χ3n) is 1.79. The maximum Gasteiger partial charge on any atom is 0.132 e. The highest BCUT2D eigenvalue weighted by atomic mass is 79.9. The fraction of sp³-hybridized carbons (Fsp3) is 0. The molecule has 2 nitrogen and oxygen atoms in total. The van der Waals surface area contributed by atoms with Crippen LogP contribution >= 0.6 is 31.9 Å². The zero-order valence-corrected chi connectivity index (χ0v) is 9.76. The first-order valence-electron chi connectivity index (χ1n) is 3.68. The van der Waals surface area contributed by atoms with Gasteiger partial charge in [0, 0.05) is 9.86 Å². The highest BCUT2D eigenvalue weighted by molar-refractivity contribution is 9.10. The summed E-state index contributed by atoms with van der Waals surface area (Å²) in [7, 11) is 0. The number of fused-ring (bicyclic) bond motifs is 1. The van der Waals surface area contributed by atoms with E-state index in [0.717, 1.165) is 19.8 Å². The van der Waals surface area contributed by atoms with Gasteiger partial charge in [0.1, 0.15) is 10.4 Å². The van der Waals surface area contributed by atoms with Crippen molar-refractivity contribution in [1.82, 2.24) is 4.98 Å². The number of halogens is 2. The van der Waals surface area contributed by atoms with Gasteiger partial charge in [0.15, 0.2) is 0 Å². The lowest BCUT2D eigenvalue weighted by atomic mass is 10.2. The van der Waals surface area contributed by atoms with Crippen LogP contribution in [0.25, 0.3) is 10.8 Å². The van der Waals surface area contributed by atoms with Crippen molar-refractivity contribution in [3.8, 4) is 0 Å². The van der Waals surface area contributed by atoms with Gasteiger partial charge in [-0.15, -0.1) is 0 Å². The molecule has 4 heteroatoms. The van der Waals surface area contributed by atoms with Crippen LogP contribution < -0.4 is 5.73 Å². The van der Waals surface area contributed by atoms with Crippen molar-refractivity contribution in [3.05, 3.63) is 33.3 Å². The minimum Gasteiger partial charge on any atom is -0.383 e. The lowest BCUT2D eigenvalue weighted by Gasteiger charge is -2.02. The van der Waals surface area contributed by atoms with E-state index in [1.54, 1.807) is 0 Å². The van der Waals surface area contributed by atoms with Gasteiger partial charge in [-0.2, -0.15) is 0 Å². The van der Waals surface area contributed by atoms with E-state index in [1.165, 1.54) is 0 Å². The third kappa shape index (κ3) is 1.69. The van der Waals surface area contributed by atoms with E-state index in [4.69, 9.17) is 5.73 Å². The van der Waals surface area contributed by atoms with Crippen LogP contribution in [0.3, 0.4) is 0 Å². The van der Waals surface area contributed by atoms with Gasteiger partial charge in [0.25, 0.3) is 0 Å². The molecule has 1 aromatic heterocycles. The van der Waals surface area contributed by atoms with Crippen molar-refractivity contribution in [3.63, 3.8) is 0 Å². The molecule has 2 rings (SSSR count). The Morgan fingerprint density at radius 3 is 2.69 bits per heavy atom. The fourth-order valence-corrected chi connectivity index (χ4v) is 2.04. The summed E-state index contributed by atoms with van der Waals surface area (Å²) in [4.78, 5) is 4.11. The summed E-state index contributed by atoms with van der Waals surface area (Å²) in [6, 6.07) is 7.86. The molecule has 1 heterocycles. The van der Waals surface area contributed by atoms with Crippen molar-refractivity contribution in [1.29, 1.82) is 0 Å². The molecule has 0 unspecified atom stereocenters. The summed E-state index contributed by atoms with van der Waals surface area (Å²) in [5.74, 6) is 0.553. The standard InChI is InChI=1S/C9H6Br2N2/c10-6-1-2-7-5(3-6)4-8(11)13-9(7)12/h1-4H,(H2,12,13). The molecular weight excluding hydrogens is 296 g/mol. The molecule has 0 atom stereocenters. The second-order valence-electron chi connectivity index (χ2n) is 2.70. The fourth-order valence-electron chi connectivity index (χ4n) is 1.22. The molecule has 1 aromatic carbocycles. The topological polar surface area (TPSA) is 38.9 Å². The molecule has 0 amide bonds. The minimum absolute atomic E-state index is 0.553. The van der Waals surface area contributed by atoms with Crippen molar-refractivity contribution in [2.75, 3.05) is 5.73 Å². The Kier molecular flexibility index (Phi) is 2.26. The molecule has 0 saturated heterocycles. The van der Waals surface area contributed by atoms with Crippen LogP contribution in [-0.2, 0) is 0 Å². The predicted octanol–water partition coefficient (Wildman–Crippen LogP) is 3.34. The molecule has 0 aliphatic rings. The van der Waals surface area contributed by atoms with E-state index >= 15 is 0 Å². The second-order valence-corrected chi connectivity index (χ2v) is 4.42. The molecule has 0 aliphatic heterocycles. The van der Waals surface area contributed by atoms with Gasteiger partial charge in [0.05, 0.1) is 0 Å². The normalized spacial score (nSPS) is 10.6. The summed E-state index contributed by atoms with van der Waals surface area (Å²) < 4.78 is 1.80.